The minimum absolute atomic E-state index is 0.00344. The number of hydrogen-bond acceptors (Lipinski definition) is 3. The summed E-state index contributed by atoms with van der Waals surface area (Å²) < 4.78 is 0. The van der Waals surface area contributed by atoms with E-state index in [-0.39, 0.29) is 11.9 Å². The summed E-state index contributed by atoms with van der Waals surface area (Å²) in [5, 5.41) is 6.38. The summed E-state index contributed by atoms with van der Waals surface area (Å²) in [4.78, 5) is 14.4. The molecule has 1 saturated heterocycles. The monoisotopic (exact) mass is 269 g/mol. The molecule has 1 aliphatic heterocycles. The third kappa shape index (κ3) is 5.11. The highest BCUT2D eigenvalue weighted by Crippen LogP contribution is 2.21. The van der Waals surface area contributed by atoms with Crippen molar-refractivity contribution in [3.63, 3.8) is 0 Å². The normalized spacial score (nSPS) is 23.9. The Kier molecular flexibility index (Phi) is 7.39. The molecule has 0 spiro atoms. The van der Waals surface area contributed by atoms with Crippen LogP contribution in [0.5, 0.6) is 0 Å². The van der Waals surface area contributed by atoms with Crippen molar-refractivity contribution in [2.75, 3.05) is 26.7 Å². The predicted molar refractivity (Wildman–Crippen MR) is 80.2 cm³/mol. The van der Waals surface area contributed by atoms with Gasteiger partial charge in [-0.15, -0.1) is 0 Å². The second-order valence-corrected chi connectivity index (χ2v) is 5.80. The first-order valence-corrected chi connectivity index (χ1v) is 7.79. The van der Waals surface area contributed by atoms with Crippen LogP contribution in [-0.2, 0) is 4.79 Å². The fourth-order valence-corrected chi connectivity index (χ4v) is 2.74. The minimum Gasteiger partial charge on any atom is -0.355 e. The van der Waals surface area contributed by atoms with Crippen molar-refractivity contribution >= 4 is 5.91 Å². The van der Waals surface area contributed by atoms with E-state index in [1.54, 1.807) is 0 Å². The van der Waals surface area contributed by atoms with Gasteiger partial charge < -0.3 is 10.6 Å². The molecule has 1 fully saturated rings. The van der Waals surface area contributed by atoms with Crippen LogP contribution in [0.4, 0.5) is 0 Å². The largest absolute Gasteiger partial charge is 0.355 e. The molecule has 0 aliphatic carbocycles. The number of unbranched alkanes of at least 4 members (excludes halogenated alkanes) is 1. The highest BCUT2D eigenvalue weighted by atomic mass is 16.2. The molecule has 4 heteroatoms. The van der Waals surface area contributed by atoms with Gasteiger partial charge in [-0.25, -0.2) is 0 Å². The first-order valence-electron chi connectivity index (χ1n) is 7.79. The number of amides is 1. The van der Waals surface area contributed by atoms with Crippen molar-refractivity contribution in [1.29, 1.82) is 0 Å². The van der Waals surface area contributed by atoms with Crippen LogP contribution < -0.4 is 10.6 Å². The zero-order chi connectivity index (χ0) is 14.3. The molecule has 1 heterocycles. The highest BCUT2D eigenvalue weighted by Gasteiger charge is 2.29. The van der Waals surface area contributed by atoms with Crippen LogP contribution in [0.1, 0.15) is 46.5 Å². The minimum atomic E-state index is 0.00344. The van der Waals surface area contributed by atoms with Crippen LogP contribution in [0.2, 0.25) is 0 Å². The third-order valence-electron chi connectivity index (χ3n) is 4.41. The Hall–Kier alpha value is -0.610. The second-order valence-electron chi connectivity index (χ2n) is 5.80. The Bertz CT molecular complexity index is 270. The summed E-state index contributed by atoms with van der Waals surface area (Å²) in [7, 11) is 2.02. The van der Waals surface area contributed by atoms with E-state index in [1.807, 2.05) is 14.0 Å². The van der Waals surface area contributed by atoms with Crippen LogP contribution in [0.3, 0.4) is 0 Å². The molecule has 1 rings (SSSR count). The molecule has 1 amide bonds. The van der Waals surface area contributed by atoms with Gasteiger partial charge in [0.15, 0.2) is 0 Å². The van der Waals surface area contributed by atoms with Gasteiger partial charge in [-0.2, -0.15) is 0 Å². The van der Waals surface area contributed by atoms with Crippen molar-refractivity contribution in [3.05, 3.63) is 0 Å². The highest BCUT2D eigenvalue weighted by molar-refractivity contribution is 5.81. The Balaban J connectivity index is 2.42. The summed E-state index contributed by atoms with van der Waals surface area (Å²) in [6.07, 6.45) is 4.66. The standard InChI is InChI=1S/C15H31N3O/c1-5-6-9-17-15(19)13(3)18-10-7-8-14(11-18)12(2)16-4/h12-14,16H,5-11H2,1-4H3,(H,17,19). The Morgan fingerprint density at radius 3 is 2.79 bits per heavy atom. The smallest absolute Gasteiger partial charge is 0.237 e. The SMILES string of the molecule is CCCCNC(=O)C(C)N1CCCC(C(C)NC)C1. The van der Waals surface area contributed by atoms with Crippen LogP contribution in [0.15, 0.2) is 0 Å². The fourth-order valence-electron chi connectivity index (χ4n) is 2.74. The zero-order valence-electron chi connectivity index (χ0n) is 13.0. The van der Waals surface area contributed by atoms with Gasteiger partial charge in [-0.1, -0.05) is 13.3 Å². The van der Waals surface area contributed by atoms with Gasteiger partial charge in [0.05, 0.1) is 6.04 Å². The lowest BCUT2D eigenvalue weighted by molar-refractivity contribution is -0.126. The van der Waals surface area contributed by atoms with E-state index in [1.165, 1.54) is 12.8 Å². The summed E-state index contributed by atoms with van der Waals surface area (Å²) >= 11 is 0. The molecule has 0 aromatic rings. The number of piperidine rings is 1. The van der Waals surface area contributed by atoms with Crippen LogP contribution in [-0.4, -0.2) is 49.6 Å². The van der Waals surface area contributed by atoms with Gasteiger partial charge in [0.2, 0.25) is 5.91 Å². The average Bonchev–Trinajstić information content (AvgIpc) is 2.45. The topological polar surface area (TPSA) is 44.4 Å². The second kappa shape index (κ2) is 8.54. The number of likely N-dealkylation sites (tertiary alicyclic amines) is 1. The summed E-state index contributed by atoms with van der Waals surface area (Å²) in [6.45, 7) is 9.31. The molecule has 19 heavy (non-hydrogen) atoms. The summed E-state index contributed by atoms with van der Waals surface area (Å²) in [5.41, 5.74) is 0. The van der Waals surface area contributed by atoms with Crippen molar-refractivity contribution < 1.29 is 4.79 Å². The van der Waals surface area contributed by atoms with Crippen molar-refractivity contribution in [2.24, 2.45) is 5.92 Å². The van der Waals surface area contributed by atoms with Gasteiger partial charge in [0.1, 0.15) is 0 Å². The van der Waals surface area contributed by atoms with Gasteiger partial charge in [0, 0.05) is 19.1 Å². The number of nitrogens with one attached hydrogen (secondary N) is 2. The Morgan fingerprint density at radius 2 is 2.16 bits per heavy atom. The van der Waals surface area contributed by atoms with Gasteiger partial charge in [-0.3, -0.25) is 9.69 Å². The Labute approximate surface area is 118 Å². The molecule has 0 bridgehead atoms. The number of rotatable bonds is 7. The lowest BCUT2D eigenvalue weighted by Gasteiger charge is -2.38. The van der Waals surface area contributed by atoms with E-state index in [2.05, 4.69) is 29.4 Å². The van der Waals surface area contributed by atoms with E-state index >= 15 is 0 Å². The quantitative estimate of drug-likeness (QED) is 0.690. The molecule has 2 N–H and O–H groups in total. The lowest BCUT2D eigenvalue weighted by atomic mass is 9.91. The molecule has 0 aromatic heterocycles. The summed E-state index contributed by atoms with van der Waals surface area (Å²) in [6, 6.07) is 0.530. The van der Waals surface area contributed by atoms with E-state index in [4.69, 9.17) is 0 Å². The molecule has 0 radical (unpaired) electrons. The molecular formula is C15H31N3O. The van der Waals surface area contributed by atoms with Crippen molar-refractivity contribution in [3.8, 4) is 0 Å². The molecule has 3 atom stereocenters. The molecule has 1 aliphatic rings. The Morgan fingerprint density at radius 1 is 1.42 bits per heavy atom. The van der Waals surface area contributed by atoms with Crippen LogP contribution in [0.25, 0.3) is 0 Å². The maximum Gasteiger partial charge on any atom is 0.237 e. The molecule has 112 valence electrons. The number of hydrogen-bond donors (Lipinski definition) is 2. The first-order chi connectivity index (χ1) is 9.10. The fraction of sp³-hybridized carbons (Fsp3) is 0.933. The number of nitrogens with zero attached hydrogens (tertiary/aromatic N) is 1. The maximum atomic E-state index is 12.1. The molecule has 0 aromatic carbocycles. The van der Waals surface area contributed by atoms with Gasteiger partial charge in [-0.05, 0) is 52.6 Å². The van der Waals surface area contributed by atoms with Crippen molar-refractivity contribution in [1.82, 2.24) is 15.5 Å². The predicted octanol–water partition coefficient (Wildman–Crippen LogP) is 1.61. The zero-order valence-corrected chi connectivity index (χ0v) is 13.0. The first kappa shape index (κ1) is 16.4. The van der Waals surface area contributed by atoms with Crippen molar-refractivity contribution in [2.45, 2.75) is 58.5 Å². The van der Waals surface area contributed by atoms with E-state index in [0.29, 0.717) is 12.0 Å². The van der Waals surface area contributed by atoms with Gasteiger partial charge >= 0.3 is 0 Å². The molecule has 4 nitrogen and oxygen atoms in total. The number of carbonyl (C=O) groups is 1. The molecule has 0 saturated carbocycles. The molecule has 3 unspecified atom stereocenters. The third-order valence-corrected chi connectivity index (χ3v) is 4.41. The van der Waals surface area contributed by atoms with Crippen LogP contribution >= 0.6 is 0 Å². The van der Waals surface area contributed by atoms with Gasteiger partial charge in [0.25, 0.3) is 0 Å². The van der Waals surface area contributed by atoms with E-state index in [9.17, 15) is 4.79 Å². The lowest BCUT2D eigenvalue weighted by Crippen LogP contribution is -2.51. The van der Waals surface area contributed by atoms with Crippen LogP contribution in [0, 0.1) is 5.92 Å². The maximum absolute atomic E-state index is 12.1. The average molecular weight is 269 g/mol. The number of carbonyl (C=O) groups excluding carboxylic acids is 1. The van der Waals surface area contributed by atoms with E-state index in [0.717, 1.165) is 32.5 Å². The van der Waals surface area contributed by atoms with E-state index < -0.39 is 0 Å². The summed E-state index contributed by atoms with van der Waals surface area (Å²) in [5.74, 6) is 0.843. The molecular weight excluding hydrogens is 238 g/mol.